The van der Waals surface area contributed by atoms with Crippen LogP contribution in [-0.4, -0.2) is 23.4 Å². The molecule has 1 unspecified atom stereocenters. The maximum absolute atomic E-state index is 13.4. The Bertz CT molecular complexity index is 562. The second kappa shape index (κ2) is 6.23. The van der Waals surface area contributed by atoms with Crippen molar-refractivity contribution < 1.29 is 13.7 Å². The SMILES string of the molecule is CCOCC(N)c1noc(-c2cccc(F)c2Br)n1. The zero-order valence-electron chi connectivity index (χ0n) is 10.3. The van der Waals surface area contributed by atoms with Crippen LogP contribution >= 0.6 is 15.9 Å². The van der Waals surface area contributed by atoms with Crippen molar-refractivity contribution in [2.45, 2.75) is 13.0 Å². The van der Waals surface area contributed by atoms with Gasteiger partial charge in [-0.05, 0) is 35.0 Å². The van der Waals surface area contributed by atoms with E-state index in [-0.39, 0.29) is 10.4 Å². The first-order valence-corrected chi connectivity index (χ1v) is 6.54. The van der Waals surface area contributed by atoms with Gasteiger partial charge in [0.2, 0.25) is 0 Å². The molecule has 2 aromatic rings. The highest BCUT2D eigenvalue weighted by Crippen LogP contribution is 2.29. The number of aromatic nitrogens is 2. The highest BCUT2D eigenvalue weighted by Gasteiger charge is 2.18. The zero-order valence-corrected chi connectivity index (χ0v) is 11.9. The molecule has 5 nitrogen and oxygen atoms in total. The summed E-state index contributed by atoms with van der Waals surface area (Å²) in [6.45, 7) is 2.74. The Morgan fingerprint density at radius 1 is 1.53 bits per heavy atom. The Hall–Kier alpha value is -1.31. The molecule has 0 amide bonds. The van der Waals surface area contributed by atoms with Crippen LogP contribution in [0, 0.1) is 5.82 Å². The van der Waals surface area contributed by atoms with Gasteiger partial charge in [-0.1, -0.05) is 11.2 Å². The molecule has 19 heavy (non-hydrogen) atoms. The Morgan fingerprint density at radius 2 is 2.32 bits per heavy atom. The van der Waals surface area contributed by atoms with Crippen molar-refractivity contribution in [2.24, 2.45) is 5.73 Å². The van der Waals surface area contributed by atoms with Crippen molar-refractivity contribution in [3.8, 4) is 11.5 Å². The molecule has 1 aromatic carbocycles. The van der Waals surface area contributed by atoms with Gasteiger partial charge in [0, 0.05) is 6.61 Å². The van der Waals surface area contributed by atoms with Crippen LogP contribution in [0.2, 0.25) is 0 Å². The van der Waals surface area contributed by atoms with Crippen LogP contribution in [0.25, 0.3) is 11.5 Å². The van der Waals surface area contributed by atoms with Gasteiger partial charge in [0.25, 0.3) is 5.89 Å². The fourth-order valence-electron chi connectivity index (χ4n) is 1.48. The molecule has 1 aromatic heterocycles. The minimum atomic E-state index is -0.468. The molecule has 0 aliphatic heterocycles. The largest absolute Gasteiger partial charge is 0.380 e. The molecule has 0 radical (unpaired) electrons. The van der Waals surface area contributed by atoms with E-state index in [2.05, 4.69) is 26.1 Å². The Kier molecular flexibility index (Phi) is 4.62. The number of hydrogen-bond acceptors (Lipinski definition) is 5. The first kappa shape index (κ1) is 14.1. The molecular formula is C12H13BrFN3O2. The van der Waals surface area contributed by atoms with Gasteiger partial charge >= 0.3 is 0 Å². The third-order valence-electron chi connectivity index (χ3n) is 2.46. The molecule has 0 bridgehead atoms. The summed E-state index contributed by atoms with van der Waals surface area (Å²) in [6.07, 6.45) is 0. The fraction of sp³-hybridized carbons (Fsp3) is 0.333. The predicted molar refractivity (Wildman–Crippen MR) is 70.8 cm³/mol. The highest BCUT2D eigenvalue weighted by molar-refractivity contribution is 9.10. The van der Waals surface area contributed by atoms with E-state index in [0.29, 0.717) is 24.6 Å². The van der Waals surface area contributed by atoms with E-state index in [1.807, 2.05) is 6.92 Å². The monoisotopic (exact) mass is 329 g/mol. The zero-order chi connectivity index (χ0) is 13.8. The van der Waals surface area contributed by atoms with Crippen LogP contribution in [0.3, 0.4) is 0 Å². The van der Waals surface area contributed by atoms with E-state index >= 15 is 0 Å². The summed E-state index contributed by atoms with van der Waals surface area (Å²) in [5.74, 6) is 0.156. The summed E-state index contributed by atoms with van der Waals surface area (Å²) in [4.78, 5) is 4.16. The predicted octanol–water partition coefficient (Wildman–Crippen LogP) is 2.67. The van der Waals surface area contributed by atoms with Crippen molar-refractivity contribution >= 4 is 15.9 Å². The number of rotatable bonds is 5. The fourth-order valence-corrected chi connectivity index (χ4v) is 1.92. The van der Waals surface area contributed by atoms with Gasteiger partial charge < -0.3 is 15.0 Å². The van der Waals surface area contributed by atoms with E-state index in [1.165, 1.54) is 6.07 Å². The molecule has 0 aliphatic carbocycles. The smallest absolute Gasteiger partial charge is 0.259 e. The number of halogens is 2. The molecule has 1 heterocycles. The molecule has 102 valence electrons. The van der Waals surface area contributed by atoms with Gasteiger partial charge in [0.15, 0.2) is 5.82 Å². The normalized spacial score (nSPS) is 12.6. The van der Waals surface area contributed by atoms with Gasteiger partial charge in [0.1, 0.15) is 5.82 Å². The molecule has 2 rings (SSSR count). The maximum Gasteiger partial charge on any atom is 0.259 e. The van der Waals surface area contributed by atoms with E-state index in [0.717, 1.165) is 0 Å². The van der Waals surface area contributed by atoms with E-state index in [1.54, 1.807) is 12.1 Å². The molecule has 1 atom stereocenters. The summed E-state index contributed by atoms with van der Waals surface area (Å²) < 4.78 is 24.0. The number of nitrogens with zero attached hydrogens (tertiary/aromatic N) is 2. The molecule has 0 aliphatic rings. The van der Waals surface area contributed by atoms with E-state index in [4.69, 9.17) is 15.0 Å². The molecule has 2 N–H and O–H groups in total. The second-order valence-corrected chi connectivity index (χ2v) is 4.62. The first-order chi connectivity index (χ1) is 9.13. The number of hydrogen-bond donors (Lipinski definition) is 1. The lowest BCUT2D eigenvalue weighted by atomic mass is 10.2. The summed E-state index contributed by atoms with van der Waals surface area (Å²) in [7, 11) is 0. The average Bonchev–Trinajstić information content (AvgIpc) is 2.88. The van der Waals surface area contributed by atoms with Gasteiger partial charge in [-0.3, -0.25) is 0 Å². The van der Waals surface area contributed by atoms with E-state index < -0.39 is 11.9 Å². The van der Waals surface area contributed by atoms with Gasteiger partial charge in [0.05, 0.1) is 22.7 Å². The lowest BCUT2D eigenvalue weighted by Gasteiger charge is -2.05. The Morgan fingerprint density at radius 3 is 3.05 bits per heavy atom. The summed E-state index contributed by atoms with van der Waals surface area (Å²) >= 11 is 3.15. The minimum Gasteiger partial charge on any atom is -0.380 e. The average molecular weight is 330 g/mol. The summed E-state index contributed by atoms with van der Waals surface area (Å²) in [5.41, 5.74) is 6.33. The lowest BCUT2D eigenvalue weighted by molar-refractivity contribution is 0.130. The van der Waals surface area contributed by atoms with E-state index in [9.17, 15) is 4.39 Å². The number of benzene rings is 1. The molecular weight excluding hydrogens is 317 g/mol. The highest BCUT2D eigenvalue weighted by atomic mass is 79.9. The third kappa shape index (κ3) is 3.17. The number of ether oxygens (including phenoxy) is 1. The standard InChI is InChI=1S/C12H13BrFN3O2/c1-2-18-6-9(15)11-16-12(19-17-11)7-4-3-5-8(14)10(7)13/h3-5,9H,2,6,15H2,1H3. The van der Waals surface area contributed by atoms with Crippen molar-refractivity contribution in [3.05, 3.63) is 34.3 Å². The number of nitrogens with two attached hydrogens (primary N) is 1. The topological polar surface area (TPSA) is 74.2 Å². The molecule has 0 fully saturated rings. The van der Waals surface area contributed by atoms with Crippen LogP contribution < -0.4 is 5.73 Å². The van der Waals surface area contributed by atoms with Crippen molar-refractivity contribution in [1.82, 2.24) is 10.1 Å². The summed E-state index contributed by atoms with van der Waals surface area (Å²) in [6, 6.07) is 4.12. The molecule has 0 spiro atoms. The van der Waals surface area contributed by atoms with Crippen LogP contribution in [0.15, 0.2) is 27.2 Å². The Labute approximate surface area is 118 Å². The van der Waals surface area contributed by atoms with Crippen molar-refractivity contribution in [2.75, 3.05) is 13.2 Å². The van der Waals surface area contributed by atoms with Crippen LogP contribution in [0.5, 0.6) is 0 Å². The van der Waals surface area contributed by atoms with Crippen LogP contribution in [-0.2, 0) is 4.74 Å². The van der Waals surface area contributed by atoms with Gasteiger partial charge in [-0.15, -0.1) is 0 Å². The minimum absolute atomic E-state index is 0.216. The molecule has 0 saturated carbocycles. The van der Waals surface area contributed by atoms with Crippen molar-refractivity contribution in [1.29, 1.82) is 0 Å². The summed E-state index contributed by atoms with van der Waals surface area (Å²) in [5, 5.41) is 3.78. The first-order valence-electron chi connectivity index (χ1n) is 5.74. The van der Waals surface area contributed by atoms with Crippen LogP contribution in [0.4, 0.5) is 4.39 Å². The lowest BCUT2D eigenvalue weighted by Crippen LogP contribution is -2.18. The van der Waals surface area contributed by atoms with Gasteiger partial charge in [-0.2, -0.15) is 4.98 Å². The Balaban J connectivity index is 2.23. The molecule has 7 heteroatoms. The van der Waals surface area contributed by atoms with Crippen LogP contribution in [0.1, 0.15) is 18.8 Å². The van der Waals surface area contributed by atoms with Crippen molar-refractivity contribution in [3.63, 3.8) is 0 Å². The molecule has 0 saturated heterocycles. The van der Waals surface area contributed by atoms with Gasteiger partial charge in [-0.25, -0.2) is 4.39 Å². The maximum atomic E-state index is 13.4. The quantitative estimate of drug-likeness (QED) is 0.912. The third-order valence-corrected chi connectivity index (χ3v) is 3.26. The second-order valence-electron chi connectivity index (χ2n) is 3.83.